The van der Waals surface area contributed by atoms with Crippen molar-refractivity contribution in [3.63, 3.8) is 0 Å². The van der Waals surface area contributed by atoms with Gasteiger partial charge in [-0.15, -0.1) is 0 Å². The van der Waals surface area contributed by atoms with Gasteiger partial charge < -0.3 is 24.6 Å². The maximum Gasteiger partial charge on any atom is 0.414 e. The van der Waals surface area contributed by atoms with E-state index < -0.39 is 28.1 Å². The minimum absolute atomic E-state index is 0.0126. The van der Waals surface area contributed by atoms with Crippen molar-refractivity contribution in [3.05, 3.63) is 58.7 Å². The topological polar surface area (TPSA) is 134 Å². The van der Waals surface area contributed by atoms with Gasteiger partial charge in [0.2, 0.25) is 5.95 Å². The van der Waals surface area contributed by atoms with Gasteiger partial charge in [0.1, 0.15) is 23.2 Å². The molecule has 2 aromatic carbocycles. The number of hydrogen-bond acceptors (Lipinski definition) is 10. The molecular formula is C28H34Cl2N6O6S. The third-order valence-electron chi connectivity index (χ3n) is 6.10. The van der Waals surface area contributed by atoms with E-state index in [1.165, 1.54) is 53.6 Å². The van der Waals surface area contributed by atoms with Crippen LogP contribution in [0.15, 0.2) is 53.6 Å². The van der Waals surface area contributed by atoms with Crippen LogP contribution < -0.4 is 24.0 Å². The molecule has 232 valence electrons. The van der Waals surface area contributed by atoms with Gasteiger partial charge in [-0.05, 0) is 70.2 Å². The first kappa shape index (κ1) is 33.7. The van der Waals surface area contributed by atoms with Gasteiger partial charge >= 0.3 is 12.1 Å². The van der Waals surface area contributed by atoms with E-state index in [0.29, 0.717) is 19.0 Å². The lowest BCUT2D eigenvalue weighted by atomic mass is 10.3. The van der Waals surface area contributed by atoms with Crippen molar-refractivity contribution in [1.29, 1.82) is 0 Å². The van der Waals surface area contributed by atoms with Crippen LogP contribution in [0.5, 0.6) is 11.5 Å². The summed E-state index contributed by atoms with van der Waals surface area (Å²) in [4.78, 5) is 36.9. The minimum atomic E-state index is -4.16. The molecule has 3 rings (SSSR count). The second kappa shape index (κ2) is 14.6. The second-order valence-electron chi connectivity index (χ2n) is 9.37. The summed E-state index contributed by atoms with van der Waals surface area (Å²) in [5.74, 6) is 0.274. The zero-order chi connectivity index (χ0) is 31.9. The molecule has 0 radical (unpaired) electrons. The highest BCUT2D eigenvalue weighted by atomic mass is 35.5. The van der Waals surface area contributed by atoms with E-state index in [-0.39, 0.29) is 44.5 Å². The molecule has 0 aliphatic carbocycles. The Morgan fingerprint density at radius 1 is 0.930 bits per heavy atom. The first-order valence-electron chi connectivity index (χ1n) is 13.4. The summed E-state index contributed by atoms with van der Waals surface area (Å²) >= 11 is 12.2. The van der Waals surface area contributed by atoms with E-state index in [4.69, 9.17) is 32.7 Å². The van der Waals surface area contributed by atoms with Gasteiger partial charge in [-0.2, -0.15) is 4.98 Å². The Morgan fingerprint density at radius 2 is 1.49 bits per heavy atom. The average molecular weight is 654 g/mol. The summed E-state index contributed by atoms with van der Waals surface area (Å²) in [6.07, 6.45) is 0.844. The monoisotopic (exact) mass is 652 g/mol. The molecule has 0 saturated carbocycles. The number of aromatic nitrogens is 2. The fourth-order valence-electron chi connectivity index (χ4n) is 3.82. The van der Waals surface area contributed by atoms with Crippen molar-refractivity contribution in [2.24, 2.45) is 0 Å². The summed E-state index contributed by atoms with van der Waals surface area (Å²) in [6.45, 7) is 8.30. The highest BCUT2D eigenvalue weighted by Gasteiger charge is 2.29. The number of carbonyl (C=O) groups excluding carboxylic acids is 2. The fourth-order valence-corrected chi connectivity index (χ4v) is 6.02. The molecule has 12 nitrogen and oxygen atoms in total. The smallest absolute Gasteiger partial charge is 0.414 e. The van der Waals surface area contributed by atoms with Crippen LogP contribution in [-0.2, 0) is 14.8 Å². The van der Waals surface area contributed by atoms with Gasteiger partial charge in [0, 0.05) is 43.8 Å². The molecule has 0 aliphatic rings. The van der Waals surface area contributed by atoms with Crippen LogP contribution >= 0.6 is 23.2 Å². The molecule has 1 atom stereocenters. The Bertz CT molecular complexity index is 1530. The molecule has 1 N–H and O–H groups in total. The first-order valence-corrected chi connectivity index (χ1v) is 15.6. The number of carbonyl (C=O) groups is 2. The lowest BCUT2D eigenvalue weighted by molar-refractivity contribution is -0.134. The number of benzene rings is 2. The SMILES string of the molecule is CCN(CC)c1ncc(N(CC)S(=O)(=O)c2cc(Cl)cc(Cl)c2)c(NC(C)C(=O)Oc2ccc(OC(=O)N(C)C)cc2)n1. The summed E-state index contributed by atoms with van der Waals surface area (Å²) in [6, 6.07) is 9.03. The van der Waals surface area contributed by atoms with Crippen molar-refractivity contribution >= 4 is 62.7 Å². The Kier molecular flexibility index (Phi) is 11.4. The molecule has 0 aliphatic heterocycles. The van der Waals surface area contributed by atoms with Crippen LogP contribution in [0.25, 0.3) is 0 Å². The summed E-state index contributed by atoms with van der Waals surface area (Å²) in [5, 5.41) is 3.32. The molecule has 0 saturated heterocycles. The number of amides is 1. The average Bonchev–Trinajstić information content (AvgIpc) is 2.95. The third kappa shape index (κ3) is 8.39. The second-order valence-corrected chi connectivity index (χ2v) is 12.1. The zero-order valence-electron chi connectivity index (χ0n) is 24.7. The molecule has 0 spiro atoms. The molecule has 43 heavy (non-hydrogen) atoms. The number of rotatable bonds is 12. The van der Waals surface area contributed by atoms with Crippen LogP contribution in [-0.4, -0.2) is 75.1 Å². The Hall–Kier alpha value is -3.81. The van der Waals surface area contributed by atoms with Crippen molar-refractivity contribution in [3.8, 4) is 11.5 Å². The van der Waals surface area contributed by atoms with Crippen molar-refractivity contribution < 1.29 is 27.5 Å². The van der Waals surface area contributed by atoms with E-state index >= 15 is 0 Å². The fraction of sp³-hybridized carbons (Fsp3) is 0.357. The van der Waals surface area contributed by atoms with Crippen LogP contribution in [0.4, 0.5) is 22.2 Å². The van der Waals surface area contributed by atoms with Gasteiger partial charge in [-0.25, -0.2) is 23.0 Å². The first-order chi connectivity index (χ1) is 20.3. The maximum absolute atomic E-state index is 13.7. The number of nitrogens with zero attached hydrogens (tertiary/aromatic N) is 5. The molecule has 1 heterocycles. The molecule has 0 bridgehead atoms. The lowest BCUT2D eigenvalue weighted by Gasteiger charge is -2.27. The predicted molar refractivity (Wildman–Crippen MR) is 167 cm³/mol. The van der Waals surface area contributed by atoms with Gasteiger partial charge in [0.05, 0.1) is 11.1 Å². The molecule has 1 unspecified atom stereocenters. The Morgan fingerprint density at radius 3 is 2.00 bits per heavy atom. The van der Waals surface area contributed by atoms with Crippen LogP contribution in [0.1, 0.15) is 27.7 Å². The van der Waals surface area contributed by atoms with Gasteiger partial charge in [-0.1, -0.05) is 23.2 Å². The van der Waals surface area contributed by atoms with E-state index in [0.717, 1.165) is 4.31 Å². The van der Waals surface area contributed by atoms with Gasteiger partial charge in [0.25, 0.3) is 10.0 Å². The predicted octanol–water partition coefficient (Wildman–Crippen LogP) is 5.31. The van der Waals surface area contributed by atoms with E-state index in [9.17, 15) is 18.0 Å². The molecule has 1 amide bonds. The van der Waals surface area contributed by atoms with E-state index in [1.807, 2.05) is 18.7 Å². The number of halogens is 2. The van der Waals surface area contributed by atoms with Crippen molar-refractivity contribution in [1.82, 2.24) is 14.9 Å². The number of esters is 1. The van der Waals surface area contributed by atoms with Gasteiger partial charge in [-0.3, -0.25) is 4.31 Å². The van der Waals surface area contributed by atoms with Crippen LogP contribution in [0, 0.1) is 0 Å². The number of ether oxygens (including phenoxy) is 2. The van der Waals surface area contributed by atoms with E-state index in [1.54, 1.807) is 27.9 Å². The standard InChI is InChI=1S/C28H34Cl2N6O6S/c1-7-35(8-2)27-31-17-24(36(9-3)43(39,40)23-15-19(29)14-20(30)16-23)25(33-27)32-18(4)26(37)41-21-10-12-22(13-11-21)42-28(38)34(5)6/h10-18H,7-9H2,1-6H3,(H,31,32,33). The lowest BCUT2D eigenvalue weighted by Crippen LogP contribution is -2.35. The number of hydrogen-bond donors (Lipinski definition) is 1. The zero-order valence-corrected chi connectivity index (χ0v) is 27.0. The Labute approximate surface area is 261 Å². The molecule has 3 aromatic rings. The van der Waals surface area contributed by atoms with Crippen molar-refractivity contribution in [2.75, 3.05) is 48.3 Å². The van der Waals surface area contributed by atoms with Gasteiger partial charge in [0.15, 0.2) is 5.82 Å². The molecular weight excluding hydrogens is 619 g/mol. The normalized spacial score (nSPS) is 11.8. The number of nitrogens with one attached hydrogen (secondary N) is 1. The maximum atomic E-state index is 13.7. The third-order valence-corrected chi connectivity index (χ3v) is 8.41. The van der Waals surface area contributed by atoms with Crippen molar-refractivity contribution in [2.45, 2.75) is 38.6 Å². The molecule has 0 fully saturated rings. The summed E-state index contributed by atoms with van der Waals surface area (Å²) in [7, 11) is -1.05. The Balaban J connectivity index is 1.92. The number of anilines is 3. The van der Waals surface area contributed by atoms with E-state index in [2.05, 4.69) is 15.3 Å². The summed E-state index contributed by atoms with van der Waals surface area (Å²) < 4.78 is 39.2. The minimum Gasteiger partial charge on any atom is -0.425 e. The summed E-state index contributed by atoms with van der Waals surface area (Å²) in [5.41, 5.74) is 0.112. The largest absolute Gasteiger partial charge is 0.425 e. The highest BCUT2D eigenvalue weighted by Crippen LogP contribution is 2.33. The molecule has 15 heteroatoms. The van der Waals surface area contributed by atoms with Crippen LogP contribution in [0.2, 0.25) is 10.0 Å². The highest BCUT2D eigenvalue weighted by molar-refractivity contribution is 7.92. The quantitative estimate of drug-likeness (QED) is 0.202. The van der Waals surface area contributed by atoms with Crippen LogP contribution in [0.3, 0.4) is 0 Å². The molecule has 1 aromatic heterocycles. The number of sulfonamides is 1.